The molecule has 3 heterocycles. The van der Waals surface area contributed by atoms with Crippen LogP contribution >= 0.6 is 0 Å². The van der Waals surface area contributed by atoms with Crippen LogP contribution in [0.15, 0.2) is 34.9 Å². The largest absolute Gasteiger partial charge is 0.359 e. The van der Waals surface area contributed by atoms with Gasteiger partial charge < -0.3 is 4.52 Å². The molecule has 5 nitrogen and oxygen atoms in total. The third-order valence-corrected chi connectivity index (χ3v) is 5.94. The molecule has 2 fully saturated rings. The summed E-state index contributed by atoms with van der Waals surface area (Å²) in [4.78, 5) is 2.59. The Morgan fingerprint density at radius 3 is 2.77 bits per heavy atom. The van der Waals surface area contributed by atoms with E-state index >= 15 is 0 Å². The molecule has 26 heavy (non-hydrogen) atoms. The third kappa shape index (κ3) is 3.56. The van der Waals surface area contributed by atoms with Crippen LogP contribution in [0.1, 0.15) is 61.4 Å². The number of hydrogen-bond acceptors (Lipinski definition) is 5. The first-order valence-corrected chi connectivity index (χ1v) is 10.0. The monoisotopic (exact) mass is 354 g/mol. The number of nitrogens with zero attached hydrogens (tertiary/aromatic N) is 2. The van der Waals surface area contributed by atoms with Crippen LogP contribution in [0.4, 0.5) is 0 Å². The van der Waals surface area contributed by atoms with Gasteiger partial charge in [0.25, 0.3) is 0 Å². The first-order valence-electron chi connectivity index (χ1n) is 10.0. The number of hydrazine groups is 1. The molecule has 4 rings (SSSR count). The van der Waals surface area contributed by atoms with Crippen LogP contribution < -0.4 is 10.9 Å². The van der Waals surface area contributed by atoms with Gasteiger partial charge in [-0.1, -0.05) is 43.3 Å². The highest BCUT2D eigenvalue weighted by molar-refractivity contribution is 5.26. The van der Waals surface area contributed by atoms with Gasteiger partial charge in [0.2, 0.25) is 0 Å². The summed E-state index contributed by atoms with van der Waals surface area (Å²) in [6.07, 6.45) is 4.42. The Balaban J connectivity index is 1.46. The minimum absolute atomic E-state index is 0.364. The van der Waals surface area contributed by atoms with Crippen molar-refractivity contribution in [3.05, 3.63) is 52.9 Å². The first kappa shape index (κ1) is 17.7. The Morgan fingerprint density at radius 2 is 2.04 bits per heavy atom. The van der Waals surface area contributed by atoms with Crippen molar-refractivity contribution in [3.63, 3.8) is 0 Å². The van der Waals surface area contributed by atoms with Gasteiger partial charge in [-0.05, 0) is 43.4 Å². The predicted molar refractivity (Wildman–Crippen MR) is 103 cm³/mol. The second-order valence-corrected chi connectivity index (χ2v) is 7.59. The highest BCUT2D eigenvalue weighted by Gasteiger charge is 2.35. The normalized spacial score (nSPS) is 26.6. The van der Waals surface area contributed by atoms with Crippen molar-refractivity contribution in [2.24, 2.45) is 5.92 Å². The van der Waals surface area contributed by atoms with Gasteiger partial charge in [0.1, 0.15) is 0 Å². The lowest BCUT2D eigenvalue weighted by molar-refractivity contribution is 0.182. The lowest BCUT2D eigenvalue weighted by Gasteiger charge is -2.28. The molecule has 0 saturated carbocycles. The summed E-state index contributed by atoms with van der Waals surface area (Å²) in [5, 5.41) is 4.20. The fourth-order valence-corrected chi connectivity index (χ4v) is 4.34. The topological polar surface area (TPSA) is 53.3 Å². The third-order valence-electron chi connectivity index (χ3n) is 5.94. The van der Waals surface area contributed by atoms with E-state index in [2.05, 4.69) is 65.1 Å². The Kier molecular flexibility index (Phi) is 5.38. The molecule has 2 aliphatic rings. The molecule has 2 aliphatic heterocycles. The lowest BCUT2D eigenvalue weighted by atomic mass is 9.93. The number of nitrogens with one attached hydrogen (secondary N) is 2. The van der Waals surface area contributed by atoms with E-state index in [0.717, 1.165) is 43.9 Å². The maximum Gasteiger partial charge on any atom is 0.154 e. The van der Waals surface area contributed by atoms with Crippen LogP contribution in [-0.4, -0.2) is 29.7 Å². The SMILES string of the molecule is CCc1ccc(C2NNCC2CN2CCCC2c2cc(CC)no2)cc1. The smallest absolute Gasteiger partial charge is 0.154 e. The summed E-state index contributed by atoms with van der Waals surface area (Å²) in [5.41, 5.74) is 10.7. The molecule has 0 spiro atoms. The molecular formula is C21H30N4O. The number of benzene rings is 1. The molecule has 0 radical (unpaired) electrons. The van der Waals surface area contributed by atoms with Gasteiger partial charge in [-0.25, -0.2) is 5.43 Å². The number of rotatable bonds is 6. The average molecular weight is 354 g/mol. The summed E-state index contributed by atoms with van der Waals surface area (Å²) in [6.45, 7) is 7.55. The van der Waals surface area contributed by atoms with Crippen LogP contribution in [0.2, 0.25) is 0 Å². The molecule has 0 aliphatic carbocycles. The van der Waals surface area contributed by atoms with Crippen LogP contribution in [-0.2, 0) is 12.8 Å². The maximum absolute atomic E-state index is 5.65. The minimum Gasteiger partial charge on any atom is -0.359 e. The van der Waals surface area contributed by atoms with E-state index in [9.17, 15) is 0 Å². The summed E-state index contributed by atoms with van der Waals surface area (Å²) >= 11 is 0. The fourth-order valence-electron chi connectivity index (χ4n) is 4.34. The zero-order valence-corrected chi connectivity index (χ0v) is 15.9. The van der Waals surface area contributed by atoms with Gasteiger partial charge in [-0.3, -0.25) is 10.3 Å². The zero-order valence-electron chi connectivity index (χ0n) is 15.9. The Bertz CT molecular complexity index is 711. The second kappa shape index (κ2) is 7.91. The van der Waals surface area contributed by atoms with E-state index < -0.39 is 0 Å². The van der Waals surface area contributed by atoms with Crippen molar-refractivity contribution in [3.8, 4) is 0 Å². The predicted octanol–water partition coefficient (Wildman–Crippen LogP) is 3.40. The Labute approximate surface area is 156 Å². The van der Waals surface area contributed by atoms with Gasteiger partial charge in [-0.15, -0.1) is 0 Å². The summed E-state index contributed by atoms with van der Waals surface area (Å²) in [5.74, 6) is 1.60. The Morgan fingerprint density at radius 1 is 1.19 bits per heavy atom. The van der Waals surface area contributed by atoms with E-state index in [-0.39, 0.29) is 0 Å². The summed E-state index contributed by atoms with van der Waals surface area (Å²) in [7, 11) is 0. The standard InChI is InChI=1S/C21H30N4O/c1-3-15-7-9-16(10-8-15)21-17(13-22-23-21)14-25-11-5-6-19(25)20-12-18(4-2)24-26-20/h7-10,12,17,19,21-23H,3-6,11,13-14H2,1-2H3. The van der Waals surface area contributed by atoms with E-state index in [1.807, 2.05) is 0 Å². The summed E-state index contributed by atoms with van der Waals surface area (Å²) in [6, 6.07) is 12.0. The molecule has 1 aromatic carbocycles. The average Bonchev–Trinajstić information content (AvgIpc) is 3.42. The van der Waals surface area contributed by atoms with Gasteiger partial charge in [0, 0.05) is 25.1 Å². The van der Waals surface area contributed by atoms with Gasteiger partial charge in [0.05, 0.1) is 17.8 Å². The molecule has 0 amide bonds. The second-order valence-electron chi connectivity index (χ2n) is 7.59. The maximum atomic E-state index is 5.65. The van der Waals surface area contributed by atoms with Crippen LogP contribution in [0.5, 0.6) is 0 Å². The van der Waals surface area contributed by atoms with Crippen molar-refractivity contribution in [2.45, 2.75) is 51.6 Å². The first-order chi connectivity index (χ1) is 12.8. The molecule has 2 aromatic rings. The number of aromatic nitrogens is 1. The zero-order chi connectivity index (χ0) is 17.9. The number of hydrogen-bond donors (Lipinski definition) is 2. The number of aryl methyl sites for hydroxylation is 2. The molecule has 2 N–H and O–H groups in total. The molecule has 2 saturated heterocycles. The van der Waals surface area contributed by atoms with Gasteiger partial charge in [-0.2, -0.15) is 0 Å². The van der Waals surface area contributed by atoms with Crippen molar-refractivity contribution >= 4 is 0 Å². The molecule has 3 atom stereocenters. The van der Waals surface area contributed by atoms with Crippen molar-refractivity contribution in [1.82, 2.24) is 20.9 Å². The van der Waals surface area contributed by atoms with Crippen LogP contribution in [0, 0.1) is 5.92 Å². The quantitative estimate of drug-likeness (QED) is 0.833. The Hall–Kier alpha value is -1.69. The van der Waals surface area contributed by atoms with Crippen LogP contribution in [0.3, 0.4) is 0 Å². The van der Waals surface area contributed by atoms with Crippen molar-refractivity contribution in [2.75, 3.05) is 19.6 Å². The highest BCUT2D eigenvalue weighted by Crippen LogP contribution is 2.35. The molecular weight excluding hydrogens is 324 g/mol. The van der Waals surface area contributed by atoms with Crippen molar-refractivity contribution in [1.29, 1.82) is 0 Å². The number of likely N-dealkylation sites (tertiary alicyclic amines) is 1. The molecule has 0 bridgehead atoms. The molecule has 1 aromatic heterocycles. The minimum atomic E-state index is 0.364. The summed E-state index contributed by atoms with van der Waals surface area (Å²) < 4.78 is 5.65. The van der Waals surface area contributed by atoms with E-state index in [4.69, 9.17) is 4.52 Å². The van der Waals surface area contributed by atoms with Crippen LogP contribution in [0.25, 0.3) is 0 Å². The lowest BCUT2D eigenvalue weighted by Crippen LogP contribution is -2.32. The molecule has 5 heteroatoms. The van der Waals surface area contributed by atoms with Gasteiger partial charge in [0.15, 0.2) is 5.76 Å². The van der Waals surface area contributed by atoms with Gasteiger partial charge >= 0.3 is 0 Å². The van der Waals surface area contributed by atoms with E-state index in [0.29, 0.717) is 18.0 Å². The molecule has 140 valence electrons. The van der Waals surface area contributed by atoms with E-state index in [1.54, 1.807) is 0 Å². The highest BCUT2D eigenvalue weighted by atomic mass is 16.5. The van der Waals surface area contributed by atoms with E-state index in [1.165, 1.54) is 24.0 Å². The molecule has 3 unspecified atom stereocenters. The fraction of sp³-hybridized carbons (Fsp3) is 0.571. The van der Waals surface area contributed by atoms with Crippen molar-refractivity contribution < 1.29 is 4.52 Å².